The minimum absolute atomic E-state index is 0.0174. The Hall–Kier alpha value is -7.46. The molecule has 0 aromatic heterocycles. The second-order valence-electron chi connectivity index (χ2n) is 21.2. The molecule has 84 heavy (non-hydrogen) atoms. The second kappa shape index (κ2) is 37.0. The highest BCUT2D eigenvalue weighted by atomic mass is 32.2. The Labute approximate surface area is 498 Å². The van der Waals surface area contributed by atoms with Crippen molar-refractivity contribution in [2.45, 2.75) is 160 Å². The first-order chi connectivity index (χ1) is 39.5. The van der Waals surface area contributed by atoms with Gasteiger partial charge in [-0.15, -0.1) is 0 Å². The maximum absolute atomic E-state index is 14.0. The van der Waals surface area contributed by atoms with Crippen molar-refractivity contribution in [1.82, 2.24) is 47.9 Å². The molecule has 0 radical (unpaired) electrons. The summed E-state index contributed by atoms with van der Waals surface area (Å²) in [5.41, 5.74) is 12.9. The highest BCUT2D eigenvalue weighted by Gasteiger charge is 2.37. The van der Waals surface area contributed by atoms with Crippen LogP contribution in [0.25, 0.3) is 0 Å². The zero-order chi connectivity index (χ0) is 63.4. The lowest BCUT2D eigenvalue weighted by molar-refractivity contribution is -0.142. The van der Waals surface area contributed by atoms with Crippen LogP contribution in [0.3, 0.4) is 0 Å². The number of phenolic OH excluding ortho intramolecular Hbond substituents is 1. The van der Waals surface area contributed by atoms with Crippen molar-refractivity contribution in [3.63, 3.8) is 0 Å². The number of carboxylic acid groups (broad SMARTS) is 2. The first kappa shape index (κ1) is 72.6. The van der Waals surface area contributed by atoms with Crippen LogP contribution in [-0.4, -0.2) is 171 Å². The van der Waals surface area contributed by atoms with Gasteiger partial charge in [0.25, 0.3) is 0 Å². The molecule has 11 atom stereocenters. The van der Waals surface area contributed by atoms with E-state index >= 15 is 0 Å². The van der Waals surface area contributed by atoms with Gasteiger partial charge in [-0.25, -0.2) is 4.79 Å². The fourth-order valence-electron chi connectivity index (χ4n) is 8.30. The van der Waals surface area contributed by atoms with Crippen molar-refractivity contribution in [3.05, 3.63) is 65.7 Å². The zero-order valence-electron chi connectivity index (χ0n) is 49.0. The third kappa shape index (κ3) is 26.0. The van der Waals surface area contributed by atoms with Crippen LogP contribution in [0.1, 0.15) is 98.1 Å². The van der Waals surface area contributed by atoms with Crippen LogP contribution in [0.4, 0.5) is 0 Å². The summed E-state index contributed by atoms with van der Waals surface area (Å²) in [7, 11) is 0. The Morgan fingerprint density at radius 3 is 1.49 bits per heavy atom. The van der Waals surface area contributed by atoms with Gasteiger partial charge in [-0.2, -0.15) is 23.5 Å². The standard InChI is InChI=1S/C56H85N11O15S2/c1-10-31(6)46(67-48(73)36(57)25-33-14-12-11-13-15-33)55(80)65-42(28-44(70)71)53(78)62-39(24-29(2)3)51(76)63-41(27-43(58)69)50(75)59-32(7)47(72)60-37(20-22-83-8)49(74)66-45(30(4)5)54(79)64-40(26-34-16-18-35(68)19-17-34)52(77)61-38(56(81)82)21-23-84-9/h11-19,29-32,36-42,45-46,68H,10,20-28,57H2,1-9H3,(H2,58,69)(H,59,75)(H,60,72)(H,61,77)(H,62,78)(H,63,76)(H,64,79)(H,65,80)(H,66,74)(H,67,73)(H,70,71)(H,81,82)/t31-,32-,36-,37-,38-,39-,40-,41-,42-,45-,46-/m0/s1. The fourth-order valence-corrected chi connectivity index (χ4v) is 9.24. The number of rotatable bonds is 38. The maximum Gasteiger partial charge on any atom is 0.326 e. The van der Waals surface area contributed by atoms with Crippen LogP contribution in [-0.2, 0) is 70.4 Å². The average Bonchev–Trinajstić information content (AvgIpc) is 3.61. The van der Waals surface area contributed by atoms with Gasteiger partial charge >= 0.3 is 11.9 Å². The minimum atomic E-state index is -1.79. The number of aliphatic carboxylic acids is 2. The Balaban J connectivity index is 2.31. The first-order valence-electron chi connectivity index (χ1n) is 27.5. The molecule has 0 bridgehead atoms. The van der Waals surface area contributed by atoms with E-state index in [9.17, 15) is 72.9 Å². The lowest BCUT2D eigenvalue weighted by Gasteiger charge is -2.29. The molecule has 0 aliphatic carbocycles. The lowest BCUT2D eigenvalue weighted by Crippen LogP contribution is -2.61. The van der Waals surface area contributed by atoms with E-state index < -0.39 is 156 Å². The van der Waals surface area contributed by atoms with Crippen LogP contribution in [0.2, 0.25) is 0 Å². The van der Waals surface area contributed by atoms with E-state index in [1.54, 1.807) is 84.4 Å². The minimum Gasteiger partial charge on any atom is -0.508 e. The fraction of sp³-hybridized carbons (Fsp3) is 0.571. The van der Waals surface area contributed by atoms with Gasteiger partial charge < -0.3 is 74.6 Å². The number of benzene rings is 2. The van der Waals surface area contributed by atoms with Gasteiger partial charge in [0.15, 0.2) is 0 Å². The number of carbonyl (C=O) groups excluding carboxylic acids is 10. The number of aromatic hydroxyl groups is 1. The van der Waals surface area contributed by atoms with Gasteiger partial charge in [0, 0.05) is 6.42 Å². The SMILES string of the molecule is CC[C@H](C)[C@H](NC(=O)[C@@H](N)Cc1ccccc1)C(=O)N[C@@H](CC(=O)O)C(=O)N[C@@H](CC(C)C)C(=O)N[C@@H](CC(N)=O)C(=O)N[C@@H](C)C(=O)N[C@@H](CCSC)C(=O)N[C@H](C(=O)N[C@@H](Cc1ccc(O)cc1)C(=O)N[C@@H](CCSC)C(=O)O)C(C)C. The molecule has 0 spiro atoms. The molecule has 0 saturated heterocycles. The lowest BCUT2D eigenvalue weighted by atomic mass is 9.96. The number of hydrogen-bond acceptors (Lipinski definition) is 16. The zero-order valence-corrected chi connectivity index (χ0v) is 50.6. The number of hydrogen-bond donors (Lipinski definition) is 14. The summed E-state index contributed by atoms with van der Waals surface area (Å²) in [5.74, 6) is -12.9. The molecule has 16 N–H and O–H groups in total. The molecule has 2 aromatic carbocycles. The van der Waals surface area contributed by atoms with E-state index in [-0.39, 0.29) is 43.8 Å². The number of nitrogens with two attached hydrogens (primary N) is 2. The van der Waals surface area contributed by atoms with Crippen molar-refractivity contribution in [2.24, 2.45) is 29.2 Å². The molecule has 2 rings (SSSR count). The molecular formula is C56H85N11O15S2. The van der Waals surface area contributed by atoms with E-state index in [0.29, 0.717) is 23.5 Å². The Morgan fingerprint density at radius 2 is 0.952 bits per heavy atom. The molecular weight excluding hydrogens is 1130 g/mol. The summed E-state index contributed by atoms with van der Waals surface area (Å²) in [4.78, 5) is 161. The number of carbonyl (C=O) groups is 12. The van der Waals surface area contributed by atoms with Crippen molar-refractivity contribution >= 4 is 94.5 Å². The molecule has 0 heterocycles. The highest BCUT2D eigenvalue weighted by molar-refractivity contribution is 7.98. The summed E-state index contributed by atoms with van der Waals surface area (Å²) < 4.78 is 0. The van der Waals surface area contributed by atoms with Crippen LogP contribution < -0.4 is 59.3 Å². The second-order valence-corrected chi connectivity index (χ2v) is 23.1. The van der Waals surface area contributed by atoms with Crippen LogP contribution in [0.15, 0.2) is 54.6 Å². The number of phenols is 1. The highest BCUT2D eigenvalue weighted by Crippen LogP contribution is 2.16. The summed E-state index contributed by atoms with van der Waals surface area (Å²) in [5, 5.41) is 52.0. The van der Waals surface area contributed by atoms with Crippen molar-refractivity contribution in [1.29, 1.82) is 0 Å². The monoisotopic (exact) mass is 1220 g/mol. The molecule has 0 aliphatic rings. The molecule has 0 saturated carbocycles. The van der Waals surface area contributed by atoms with E-state index in [1.165, 1.54) is 54.7 Å². The molecule has 26 nitrogen and oxygen atoms in total. The van der Waals surface area contributed by atoms with Gasteiger partial charge in [0.2, 0.25) is 59.1 Å². The van der Waals surface area contributed by atoms with Gasteiger partial charge in [-0.3, -0.25) is 52.7 Å². The van der Waals surface area contributed by atoms with E-state index in [0.717, 1.165) is 5.56 Å². The maximum atomic E-state index is 14.0. The number of carboxylic acids is 2. The van der Waals surface area contributed by atoms with Crippen molar-refractivity contribution in [3.8, 4) is 5.75 Å². The number of thioether (sulfide) groups is 2. The third-order valence-corrected chi connectivity index (χ3v) is 14.6. The normalized spacial score (nSPS) is 15.1. The van der Waals surface area contributed by atoms with Crippen molar-refractivity contribution in [2.75, 3.05) is 24.0 Å². The molecule has 0 unspecified atom stereocenters. The summed E-state index contributed by atoms with van der Waals surface area (Å²) in [6, 6.07) is 0.567. The molecule has 2 aromatic rings. The van der Waals surface area contributed by atoms with Gasteiger partial charge in [0.05, 0.1) is 18.9 Å². The van der Waals surface area contributed by atoms with Crippen LogP contribution in [0, 0.1) is 17.8 Å². The van der Waals surface area contributed by atoms with Crippen molar-refractivity contribution < 1.29 is 72.9 Å². The van der Waals surface area contributed by atoms with Gasteiger partial charge in [-0.05, 0) is 97.6 Å². The largest absolute Gasteiger partial charge is 0.508 e. The van der Waals surface area contributed by atoms with Gasteiger partial charge in [-0.1, -0.05) is 90.4 Å². The van der Waals surface area contributed by atoms with E-state index in [4.69, 9.17) is 11.5 Å². The third-order valence-electron chi connectivity index (χ3n) is 13.3. The summed E-state index contributed by atoms with van der Waals surface area (Å²) in [6.45, 7) is 11.3. The summed E-state index contributed by atoms with van der Waals surface area (Å²) in [6.07, 6.45) is 2.13. The van der Waals surface area contributed by atoms with E-state index in [1.807, 2.05) is 0 Å². The summed E-state index contributed by atoms with van der Waals surface area (Å²) >= 11 is 2.71. The molecule has 28 heteroatoms. The number of primary amides is 1. The number of amides is 10. The van der Waals surface area contributed by atoms with E-state index in [2.05, 4.69) is 47.9 Å². The average molecular weight is 1220 g/mol. The first-order valence-corrected chi connectivity index (χ1v) is 30.3. The van der Waals surface area contributed by atoms with Crippen LogP contribution >= 0.6 is 23.5 Å². The Bertz CT molecular complexity index is 2560. The Morgan fingerprint density at radius 1 is 0.500 bits per heavy atom. The predicted octanol–water partition coefficient (Wildman–Crippen LogP) is -0.423. The topological polar surface area (TPSA) is 426 Å². The predicted molar refractivity (Wildman–Crippen MR) is 316 cm³/mol. The smallest absolute Gasteiger partial charge is 0.326 e. The number of nitrogens with one attached hydrogen (secondary N) is 9. The van der Waals surface area contributed by atoms with Crippen LogP contribution in [0.5, 0.6) is 5.75 Å². The molecule has 0 aliphatic heterocycles. The molecule has 466 valence electrons. The van der Waals surface area contributed by atoms with Gasteiger partial charge in [0.1, 0.15) is 60.1 Å². The molecule has 0 fully saturated rings. The Kier molecular flexibility index (Phi) is 32.0. The quantitative estimate of drug-likeness (QED) is 0.0406. The molecule has 10 amide bonds.